The predicted octanol–water partition coefficient (Wildman–Crippen LogP) is 2.26. The van der Waals surface area contributed by atoms with Crippen LogP contribution in [0.1, 0.15) is 37.6 Å². The van der Waals surface area contributed by atoms with Crippen molar-refractivity contribution in [3.8, 4) is 0 Å². The molecule has 0 fully saturated rings. The molecule has 0 bridgehead atoms. The predicted molar refractivity (Wildman–Crippen MR) is 81.9 cm³/mol. The van der Waals surface area contributed by atoms with Crippen LogP contribution in [0.5, 0.6) is 0 Å². The summed E-state index contributed by atoms with van der Waals surface area (Å²) in [5, 5.41) is 7.87. The van der Waals surface area contributed by atoms with E-state index in [9.17, 15) is 13.2 Å². The fourth-order valence-corrected chi connectivity index (χ4v) is 2.36. The molecule has 0 heterocycles. The van der Waals surface area contributed by atoms with Gasteiger partial charge in [0.2, 0.25) is 10.0 Å². The Labute approximate surface area is 128 Å². The van der Waals surface area contributed by atoms with Crippen LogP contribution in [0.15, 0.2) is 27.6 Å². The Morgan fingerprint density at radius 1 is 1.40 bits per heavy atom. The van der Waals surface area contributed by atoms with E-state index in [-0.39, 0.29) is 21.8 Å². The SMILES string of the molecule is CCC(C)(C)CNC(=O)c1cc(S(N)(=O)=O)ccc1Br. The summed E-state index contributed by atoms with van der Waals surface area (Å²) in [4.78, 5) is 12.0. The highest BCUT2D eigenvalue weighted by molar-refractivity contribution is 9.10. The summed E-state index contributed by atoms with van der Waals surface area (Å²) in [7, 11) is -3.82. The quantitative estimate of drug-likeness (QED) is 0.841. The van der Waals surface area contributed by atoms with Gasteiger partial charge in [-0.1, -0.05) is 20.8 Å². The van der Waals surface area contributed by atoms with Crippen LogP contribution in [-0.2, 0) is 10.0 Å². The van der Waals surface area contributed by atoms with Gasteiger partial charge in [0.1, 0.15) is 0 Å². The van der Waals surface area contributed by atoms with E-state index in [1.807, 2.05) is 20.8 Å². The highest BCUT2D eigenvalue weighted by atomic mass is 79.9. The number of nitrogens with two attached hydrogens (primary N) is 1. The molecule has 3 N–H and O–H groups in total. The van der Waals surface area contributed by atoms with Gasteiger partial charge in [-0.2, -0.15) is 0 Å². The third-order valence-corrected chi connectivity index (χ3v) is 4.80. The number of rotatable bonds is 5. The number of carbonyl (C=O) groups is 1. The lowest BCUT2D eigenvalue weighted by atomic mass is 9.90. The van der Waals surface area contributed by atoms with Crippen molar-refractivity contribution >= 4 is 31.9 Å². The van der Waals surface area contributed by atoms with Gasteiger partial charge in [0, 0.05) is 11.0 Å². The molecule has 1 aromatic rings. The molecule has 1 aromatic carbocycles. The fraction of sp³-hybridized carbons (Fsp3) is 0.462. The average Bonchev–Trinajstić information content (AvgIpc) is 2.35. The highest BCUT2D eigenvalue weighted by Crippen LogP contribution is 2.22. The lowest BCUT2D eigenvalue weighted by Gasteiger charge is -2.23. The van der Waals surface area contributed by atoms with Crippen molar-refractivity contribution in [2.45, 2.75) is 32.1 Å². The summed E-state index contributed by atoms with van der Waals surface area (Å²) in [5.41, 5.74) is 0.239. The van der Waals surface area contributed by atoms with E-state index >= 15 is 0 Å². The molecule has 20 heavy (non-hydrogen) atoms. The van der Waals surface area contributed by atoms with E-state index in [1.165, 1.54) is 18.2 Å². The molecule has 0 radical (unpaired) electrons. The highest BCUT2D eigenvalue weighted by Gasteiger charge is 2.19. The van der Waals surface area contributed by atoms with Gasteiger partial charge in [0.05, 0.1) is 10.5 Å². The zero-order chi connectivity index (χ0) is 15.6. The van der Waals surface area contributed by atoms with E-state index in [0.717, 1.165) is 6.42 Å². The normalized spacial score (nSPS) is 12.2. The number of carbonyl (C=O) groups excluding carboxylic acids is 1. The lowest BCUT2D eigenvalue weighted by molar-refractivity contribution is 0.0934. The van der Waals surface area contributed by atoms with Crippen LogP contribution in [0.3, 0.4) is 0 Å². The van der Waals surface area contributed by atoms with Gasteiger partial charge >= 0.3 is 0 Å². The van der Waals surface area contributed by atoms with Crippen LogP contribution in [0.2, 0.25) is 0 Å². The van der Waals surface area contributed by atoms with Crippen molar-refractivity contribution in [2.75, 3.05) is 6.54 Å². The molecule has 0 saturated heterocycles. The molecule has 1 amide bonds. The topological polar surface area (TPSA) is 89.3 Å². The van der Waals surface area contributed by atoms with Crippen LogP contribution in [0.25, 0.3) is 0 Å². The molecule has 1 rings (SSSR count). The Balaban J connectivity index is 2.99. The largest absolute Gasteiger partial charge is 0.351 e. The van der Waals surface area contributed by atoms with Crippen molar-refractivity contribution < 1.29 is 13.2 Å². The molecular formula is C13H19BrN2O3S. The van der Waals surface area contributed by atoms with Crippen molar-refractivity contribution in [3.63, 3.8) is 0 Å². The maximum absolute atomic E-state index is 12.1. The minimum absolute atomic E-state index is 0.0142. The van der Waals surface area contributed by atoms with E-state index < -0.39 is 10.0 Å². The molecule has 0 saturated carbocycles. The van der Waals surface area contributed by atoms with Crippen molar-refractivity contribution in [1.29, 1.82) is 0 Å². The second-order valence-electron chi connectivity index (χ2n) is 5.39. The zero-order valence-electron chi connectivity index (χ0n) is 11.7. The Kier molecular flexibility index (Phi) is 5.34. The van der Waals surface area contributed by atoms with Gasteiger partial charge in [-0.05, 0) is 46.0 Å². The molecule has 0 aliphatic rings. The first-order chi connectivity index (χ1) is 9.07. The number of benzene rings is 1. The fourth-order valence-electron chi connectivity index (χ4n) is 1.40. The number of sulfonamides is 1. The summed E-state index contributed by atoms with van der Waals surface area (Å²) in [6, 6.07) is 4.12. The number of nitrogens with one attached hydrogen (secondary N) is 1. The first-order valence-electron chi connectivity index (χ1n) is 6.17. The van der Waals surface area contributed by atoms with Gasteiger partial charge < -0.3 is 5.32 Å². The van der Waals surface area contributed by atoms with Crippen LogP contribution in [0.4, 0.5) is 0 Å². The summed E-state index contributed by atoms with van der Waals surface area (Å²) >= 11 is 3.24. The molecule has 0 aliphatic carbocycles. The number of primary sulfonamides is 1. The van der Waals surface area contributed by atoms with Gasteiger partial charge in [0.25, 0.3) is 5.91 Å². The third-order valence-electron chi connectivity index (χ3n) is 3.20. The number of amides is 1. The van der Waals surface area contributed by atoms with Gasteiger partial charge in [-0.15, -0.1) is 0 Å². The first-order valence-corrected chi connectivity index (χ1v) is 8.51. The maximum Gasteiger partial charge on any atom is 0.252 e. The van der Waals surface area contributed by atoms with Crippen LogP contribution in [0, 0.1) is 5.41 Å². The molecule has 5 nitrogen and oxygen atoms in total. The Bertz CT molecular complexity index is 612. The monoisotopic (exact) mass is 362 g/mol. The average molecular weight is 363 g/mol. The maximum atomic E-state index is 12.1. The number of hydrogen-bond donors (Lipinski definition) is 2. The second kappa shape index (κ2) is 6.24. The molecule has 0 spiro atoms. The van der Waals surface area contributed by atoms with Crippen LogP contribution >= 0.6 is 15.9 Å². The molecule has 0 atom stereocenters. The second-order valence-corrected chi connectivity index (χ2v) is 7.80. The van der Waals surface area contributed by atoms with Gasteiger partial charge in [-0.25, -0.2) is 13.6 Å². The first kappa shape index (κ1) is 17.1. The summed E-state index contributed by atoms with van der Waals surface area (Å²) in [6.07, 6.45) is 0.922. The standard InChI is InChI=1S/C13H19BrN2O3S/c1-4-13(2,3)8-16-12(17)10-7-9(20(15,18)19)5-6-11(10)14/h5-7H,4,8H2,1-3H3,(H,16,17)(H2,15,18,19). The van der Waals surface area contributed by atoms with Crippen molar-refractivity contribution in [2.24, 2.45) is 10.6 Å². The summed E-state index contributed by atoms with van der Waals surface area (Å²) < 4.78 is 23.2. The minimum Gasteiger partial charge on any atom is -0.351 e. The molecule has 112 valence electrons. The molecular weight excluding hydrogens is 344 g/mol. The Hall–Kier alpha value is -0.920. The van der Waals surface area contributed by atoms with Crippen LogP contribution in [-0.4, -0.2) is 20.9 Å². The van der Waals surface area contributed by atoms with Gasteiger partial charge in [-0.3, -0.25) is 4.79 Å². The Morgan fingerprint density at radius 2 is 2.00 bits per heavy atom. The van der Waals surface area contributed by atoms with Crippen molar-refractivity contribution in [3.05, 3.63) is 28.2 Å². The lowest BCUT2D eigenvalue weighted by Crippen LogP contribution is -2.33. The summed E-state index contributed by atoms with van der Waals surface area (Å²) in [6.45, 7) is 6.64. The molecule has 0 aliphatic heterocycles. The number of halogens is 1. The Morgan fingerprint density at radius 3 is 2.50 bits per heavy atom. The van der Waals surface area contributed by atoms with E-state index in [0.29, 0.717) is 11.0 Å². The molecule has 0 aromatic heterocycles. The molecule has 7 heteroatoms. The van der Waals surface area contributed by atoms with Crippen LogP contribution < -0.4 is 10.5 Å². The summed E-state index contributed by atoms with van der Waals surface area (Å²) in [5.74, 6) is -0.330. The van der Waals surface area contributed by atoms with Crippen molar-refractivity contribution in [1.82, 2.24) is 5.32 Å². The van der Waals surface area contributed by atoms with E-state index in [1.54, 1.807) is 0 Å². The minimum atomic E-state index is -3.82. The third kappa shape index (κ3) is 4.57. The zero-order valence-corrected chi connectivity index (χ0v) is 14.1. The molecule has 0 unspecified atom stereocenters. The number of hydrogen-bond acceptors (Lipinski definition) is 3. The smallest absolute Gasteiger partial charge is 0.252 e. The van der Waals surface area contributed by atoms with Gasteiger partial charge in [0.15, 0.2) is 0 Å². The van der Waals surface area contributed by atoms with E-state index in [4.69, 9.17) is 5.14 Å². The van der Waals surface area contributed by atoms with E-state index in [2.05, 4.69) is 21.2 Å².